The standard InChI is InChI=1S/C9H7ClF2N2O2S/c10-17(15,16)8-6(9(11)12)2-1-5(3-13)7(8)4-14/h1-2,9H,3,13H2. The number of hydrogen-bond donors (Lipinski definition) is 1. The molecule has 2 N–H and O–H groups in total. The van der Waals surface area contributed by atoms with Crippen molar-refractivity contribution in [3.8, 4) is 6.07 Å². The third-order valence-corrected chi connectivity index (χ3v) is 3.48. The number of nitriles is 1. The van der Waals surface area contributed by atoms with E-state index in [1.165, 1.54) is 12.1 Å². The highest BCUT2D eigenvalue weighted by Gasteiger charge is 2.27. The van der Waals surface area contributed by atoms with Crippen LogP contribution in [0.5, 0.6) is 0 Å². The molecule has 0 aliphatic rings. The third kappa shape index (κ3) is 2.72. The topological polar surface area (TPSA) is 83.9 Å². The normalized spacial score (nSPS) is 11.5. The lowest BCUT2D eigenvalue weighted by Crippen LogP contribution is -2.08. The average molecular weight is 281 g/mol. The van der Waals surface area contributed by atoms with Crippen LogP contribution < -0.4 is 5.73 Å². The predicted octanol–water partition coefficient (Wildman–Crippen LogP) is 1.88. The van der Waals surface area contributed by atoms with Gasteiger partial charge in [0.15, 0.2) is 0 Å². The first-order valence-corrected chi connectivity index (χ1v) is 6.62. The molecule has 17 heavy (non-hydrogen) atoms. The fraction of sp³-hybridized carbons (Fsp3) is 0.222. The van der Waals surface area contributed by atoms with Crippen LogP contribution in [0.25, 0.3) is 0 Å². The lowest BCUT2D eigenvalue weighted by Gasteiger charge is -2.10. The largest absolute Gasteiger partial charge is 0.326 e. The van der Waals surface area contributed by atoms with Crippen LogP contribution in [0.3, 0.4) is 0 Å². The van der Waals surface area contributed by atoms with Crippen molar-refractivity contribution in [2.24, 2.45) is 5.73 Å². The summed E-state index contributed by atoms with van der Waals surface area (Å²) in [6.07, 6.45) is -3.04. The van der Waals surface area contributed by atoms with Gasteiger partial charge in [-0.15, -0.1) is 0 Å². The summed E-state index contributed by atoms with van der Waals surface area (Å²) in [5.41, 5.74) is 4.21. The second kappa shape index (κ2) is 4.96. The van der Waals surface area contributed by atoms with E-state index in [0.29, 0.717) is 0 Å². The zero-order valence-corrected chi connectivity index (χ0v) is 9.89. The quantitative estimate of drug-likeness (QED) is 0.857. The van der Waals surface area contributed by atoms with Crippen molar-refractivity contribution in [2.75, 3.05) is 0 Å². The first-order valence-electron chi connectivity index (χ1n) is 4.31. The van der Waals surface area contributed by atoms with Crippen molar-refractivity contribution >= 4 is 19.7 Å². The van der Waals surface area contributed by atoms with Crippen LogP contribution in [0.15, 0.2) is 17.0 Å². The van der Waals surface area contributed by atoms with E-state index < -0.39 is 31.5 Å². The monoisotopic (exact) mass is 280 g/mol. The van der Waals surface area contributed by atoms with E-state index >= 15 is 0 Å². The highest BCUT2D eigenvalue weighted by Crippen LogP contribution is 2.32. The van der Waals surface area contributed by atoms with Crippen molar-refractivity contribution in [1.29, 1.82) is 5.26 Å². The molecule has 0 bridgehead atoms. The molecule has 92 valence electrons. The number of benzene rings is 1. The summed E-state index contributed by atoms with van der Waals surface area (Å²) in [6, 6.07) is 3.63. The Balaban J connectivity index is 3.77. The van der Waals surface area contributed by atoms with E-state index in [1.807, 2.05) is 0 Å². The van der Waals surface area contributed by atoms with Gasteiger partial charge >= 0.3 is 0 Å². The summed E-state index contributed by atoms with van der Waals surface area (Å²) in [4.78, 5) is -0.861. The predicted molar refractivity (Wildman–Crippen MR) is 57.0 cm³/mol. The van der Waals surface area contributed by atoms with Gasteiger partial charge in [0.05, 0.1) is 5.56 Å². The maximum atomic E-state index is 12.6. The average Bonchev–Trinajstić information content (AvgIpc) is 2.25. The summed E-state index contributed by atoms with van der Waals surface area (Å²) in [5, 5.41) is 8.83. The van der Waals surface area contributed by atoms with Crippen molar-refractivity contribution < 1.29 is 17.2 Å². The molecule has 0 aliphatic heterocycles. The van der Waals surface area contributed by atoms with E-state index in [9.17, 15) is 17.2 Å². The number of halogens is 3. The van der Waals surface area contributed by atoms with Crippen LogP contribution >= 0.6 is 10.7 Å². The lowest BCUT2D eigenvalue weighted by atomic mass is 10.0. The Morgan fingerprint density at radius 2 is 2.06 bits per heavy atom. The third-order valence-electron chi connectivity index (χ3n) is 2.09. The van der Waals surface area contributed by atoms with Crippen molar-refractivity contribution in [1.82, 2.24) is 0 Å². The molecule has 0 radical (unpaired) electrons. The summed E-state index contributed by atoms with van der Waals surface area (Å²) in [6.45, 7) is -0.147. The summed E-state index contributed by atoms with van der Waals surface area (Å²) >= 11 is 0. The molecule has 0 fully saturated rings. The van der Waals surface area contributed by atoms with Gasteiger partial charge in [0, 0.05) is 22.8 Å². The van der Waals surface area contributed by atoms with Gasteiger partial charge in [-0.1, -0.05) is 12.1 Å². The molecule has 0 aromatic heterocycles. The van der Waals surface area contributed by atoms with Crippen LogP contribution in [0.1, 0.15) is 23.1 Å². The number of alkyl halides is 2. The van der Waals surface area contributed by atoms with E-state index in [4.69, 9.17) is 21.7 Å². The van der Waals surface area contributed by atoms with E-state index in [1.54, 1.807) is 0 Å². The molecule has 0 heterocycles. The molecule has 0 atom stereocenters. The maximum absolute atomic E-state index is 12.6. The Labute approximate surface area is 101 Å². The summed E-state index contributed by atoms with van der Waals surface area (Å²) in [5.74, 6) is 0. The first kappa shape index (κ1) is 13.8. The Morgan fingerprint density at radius 1 is 1.47 bits per heavy atom. The van der Waals surface area contributed by atoms with Gasteiger partial charge in [-0.25, -0.2) is 17.2 Å². The molecule has 4 nitrogen and oxygen atoms in total. The van der Waals surface area contributed by atoms with Gasteiger partial charge in [-0.05, 0) is 5.56 Å². The van der Waals surface area contributed by atoms with Gasteiger partial charge in [0.25, 0.3) is 15.5 Å². The minimum Gasteiger partial charge on any atom is -0.326 e. The number of nitrogens with zero attached hydrogens (tertiary/aromatic N) is 1. The molecule has 0 spiro atoms. The molecule has 0 aliphatic carbocycles. The summed E-state index contributed by atoms with van der Waals surface area (Å²) in [7, 11) is 0.628. The van der Waals surface area contributed by atoms with Crippen LogP contribution in [-0.2, 0) is 15.6 Å². The maximum Gasteiger partial charge on any atom is 0.265 e. The molecule has 8 heteroatoms. The van der Waals surface area contributed by atoms with E-state index in [2.05, 4.69) is 0 Å². The second-order valence-electron chi connectivity index (χ2n) is 3.07. The van der Waals surface area contributed by atoms with Crippen LogP contribution in [-0.4, -0.2) is 8.42 Å². The zero-order valence-electron chi connectivity index (χ0n) is 8.32. The molecular formula is C9H7ClF2N2O2S. The zero-order chi connectivity index (χ0) is 13.2. The Kier molecular flexibility index (Phi) is 4.03. The lowest BCUT2D eigenvalue weighted by molar-refractivity contribution is 0.148. The highest BCUT2D eigenvalue weighted by atomic mass is 35.7. The van der Waals surface area contributed by atoms with Gasteiger partial charge in [0.2, 0.25) is 0 Å². The van der Waals surface area contributed by atoms with Crippen molar-refractivity contribution in [2.45, 2.75) is 17.9 Å². The van der Waals surface area contributed by atoms with Crippen LogP contribution in [0.2, 0.25) is 0 Å². The second-order valence-corrected chi connectivity index (χ2v) is 5.58. The molecule has 1 aromatic rings. The minimum atomic E-state index is -4.44. The number of hydrogen-bond acceptors (Lipinski definition) is 4. The molecule has 0 amide bonds. The Morgan fingerprint density at radius 3 is 2.41 bits per heavy atom. The first-order chi connectivity index (χ1) is 7.82. The van der Waals surface area contributed by atoms with Crippen LogP contribution in [0, 0.1) is 11.3 Å². The molecule has 0 unspecified atom stereocenters. The number of rotatable bonds is 3. The smallest absolute Gasteiger partial charge is 0.265 e. The Bertz CT molecular complexity index is 581. The Hall–Kier alpha value is -1.23. The van der Waals surface area contributed by atoms with E-state index in [-0.39, 0.29) is 12.1 Å². The molecule has 0 saturated carbocycles. The molecular weight excluding hydrogens is 274 g/mol. The highest BCUT2D eigenvalue weighted by molar-refractivity contribution is 8.13. The van der Waals surface area contributed by atoms with E-state index in [0.717, 1.165) is 6.07 Å². The van der Waals surface area contributed by atoms with Gasteiger partial charge in [-0.3, -0.25) is 0 Å². The fourth-order valence-corrected chi connectivity index (χ4v) is 2.72. The summed E-state index contributed by atoms with van der Waals surface area (Å²) < 4.78 is 47.8. The van der Waals surface area contributed by atoms with Gasteiger partial charge < -0.3 is 5.73 Å². The molecule has 1 rings (SSSR count). The SMILES string of the molecule is N#Cc1c(CN)ccc(C(F)F)c1S(=O)(=O)Cl. The van der Waals surface area contributed by atoms with Gasteiger partial charge in [0.1, 0.15) is 11.0 Å². The van der Waals surface area contributed by atoms with Crippen molar-refractivity contribution in [3.05, 3.63) is 28.8 Å². The minimum absolute atomic E-state index is 0.147. The van der Waals surface area contributed by atoms with Crippen molar-refractivity contribution in [3.63, 3.8) is 0 Å². The van der Waals surface area contributed by atoms with Crippen LogP contribution in [0.4, 0.5) is 8.78 Å². The number of nitrogens with two attached hydrogens (primary N) is 1. The fourth-order valence-electron chi connectivity index (χ4n) is 1.37. The molecule has 1 aromatic carbocycles. The molecule has 0 saturated heterocycles. The van der Waals surface area contributed by atoms with Gasteiger partial charge in [-0.2, -0.15) is 5.26 Å².